The molecule has 2 nitrogen and oxygen atoms in total. The van der Waals surface area contributed by atoms with Crippen LogP contribution in [-0.4, -0.2) is 12.4 Å². The van der Waals surface area contributed by atoms with Crippen molar-refractivity contribution in [3.05, 3.63) is 42.2 Å². The van der Waals surface area contributed by atoms with E-state index in [1.54, 1.807) is 6.26 Å². The minimum absolute atomic E-state index is 0.108. The van der Waals surface area contributed by atoms with E-state index in [9.17, 15) is 0 Å². The SMILES string of the molecule is CCC(OC=Cc1ccccc1)OC1CCCCC1. The van der Waals surface area contributed by atoms with Gasteiger partial charge in [-0.05, 0) is 24.5 Å². The average molecular weight is 260 g/mol. The van der Waals surface area contributed by atoms with E-state index in [1.165, 1.54) is 32.1 Å². The first-order chi connectivity index (χ1) is 9.38. The number of hydrogen-bond donors (Lipinski definition) is 0. The predicted octanol–water partition coefficient (Wildman–Crippen LogP) is 4.76. The van der Waals surface area contributed by atoms with Gasteiger partial charge in [-0.25, -0.2) is 0 Å². The van der Waals surface area contributed by atoms with Crippen molar-refractivity contribution in [3.8, 4) is 0 Å². The normalized spacial score (nSPS) is 18.6. The van der Waals surface area contributed by atoms with Gasteiger partial charge >= 0.3 is 0 Å². The maximum absolute atomic E-state index is 6.01. The van der Waals surface area contributed by atoms with Crippen LogP contribution in [0.2, 0.25) is 0 Å². The molecule has 0 aliphatic heterocycles. The molecule has 1 saturated carbocycles. The van der Waals surface area contributed by atoms with Gasteiger partial charge in [0.05, 0.1) is 12.4 Å². The lowest BCUT2D eigenvalue weighted by atomic mass is 9.98. The molecule has 1 aromatic rings. The van der Waals surface area contributed by atoms with E-state index in [1.807, 2.05) is 24.3 Å². The van der Waals surface area contributed by atoms with Crippen LogP contribution in [0.5, 0.6) is 0 Å². The van der Waals surface area contributed by atoms with E-state index in [-0.39, 0.29) is 6.29 Å². The maximum atomic E-state index is 6.01. The Balaban J connectivity index is 1.77. The summed E-state index contributed by atoms with van der Waals surface area (Å²) in [6.45, 7) is 2.10. The molecule has 104 valence electrons. The van der Waals surface area contributed by atoms with Gasteiger partial charge in [0.1, 0.15) is 0 Å². The van der Waals surface area contributed by atoms with Crippen LogP contribution in [0, 0.1) is 0 Å². The van der Waals surface area contributed by atoms with Gasteiger partial charge in [-0.3, -0.25) is 0 Å². The molecule has 0 N–H and O–H groups in total. The Morgan fingerprint density at radius 3 is 2.58 bits per heavy atom. The summed E-state index contributed by atoms with van der Waals surface area (Å²) in [6, 6.07) is 10.2. The topological polar surface area (TPSA) is 18.5 Å². The number of benzene rings is 1. The van der Waals surface area contributed by atoms with Crippen LogP contribution in [0.4, 0.5) is 0 Å². The van der Waals surface area contributed by atoms with Crippen LogP contribution >= 0.6 is 0 Å². The standard InChI is InChI=1S/C17H24O2/c1-2-17(19-16-11-7-4-8-12-16)18-14-13-15-9-5-3-6-10-15/h3,5-6,9-10,13-14,16-17H,2,4,7-8,11-12H2,1H3. The van der Waals surface area contributed by atoms with Crippen molar-refractivity contribution in [3.63, 3.8) is 0 Å². The lowest BCUT2D eigenvalue weighted by molar-refractivity contribution is -0.148. The van der Waals surface area contributed by atoms with Gasteiger partial charge in [-0.2, -0.15) is 0 Å². The Kier molecular flexibility index (Phi) is 5.96. The molecule has 1 aliphatic carbocycles. The Morgan fingerprint density at radius 1 is 1.16 bits per heavy atom. The Morgan fingerprint density at radius 2 is 1.89 bits per heavy atom. The Labute approximate surface area is 116 Å². The first-order valence-electron chi connectivity index (χ1n) is 7.41. The molecule has 2 heteroatoms. The minimum atomic E-state index is -0.108. The third-order valence-corrected chi connectivity index (χ3v) is 3.52. The summed E-state index contributed by atoms with van der Waals surface area (Å²) >= 11 is 0. The minimum Gasteiger partial charge on any atom is -0.473 e. The monoisotopic (exact) mass is 260 g/mol. The molecule has 0 bridgehead atoms. The summed E-state index contributed by atoms with van der Waals surface area (Å²) in [4.78, 5) is 0. The highest BCUT2D eigenvalue weighted by Crippen LogP contribution is 2.22. The number of hydrogen-bond acceptors (Lipinski definition) is 2. The van der Waals surface area contributed by atoms with Crippen molar-refractivity contribution in [2.24, 2.45) is 0 Å². The second-order valence-electron chi connectivity index (χ2n) is 5.08. The van der Waals surface area contributed by atoms with Gasteiger partial charge < -0.3 is 9.47 Å². The van der Waals surface area contributed by atoms with E-state index >= 15 is 0 Å². The Hall–Kier alpha value is -1.28. The smallest absolute Gasteiger partial charge is 0.198 e. The van der Waals surface area contributed by atoms with Crippen molar-refractivity contribution < 1.29 is 9.47 Å². The molecular weight excluding hydrogens is 236 g/mol. The molecule has 0 spiro atoms. The molecule has 19 heavy (non-hydrogen) atoms. The molecule has 1 aromatic carbocycles. The van der Waals surface area contributed by atoms with Crippen LogP contribution in [0.1, 0.15) is 51.0 Å². The first kappa shape index (κ1) is 14.1. The molecule has 0 radical (unpaired) electrons. The quantitative estimate of drug-likeness (QED) is 0.542. The largest absolute Gasteiger partial charge is 0.473 e. The molecule has 0 amide bonds. The molecule has 1 fully saturated rings. The Bertz CT molecular complexity index is 366. The highest BCUT2D eigenvalue weighted by Gasteiger charge is 2.18. The highest BCUT2D eigenvalue weighted by atomic mass is 16.7. The second kappa shape index (κ2) is 8.00. The summed E-state index contributed by atoms with van der Waals surface area (Å²) in [5.74, 6) is 0. The zero-order chi connectivity index (χ0) is 13.3. The van der Waals surface area contributed by atoms with Crippen molar-refractivity contribution in [1.82, 2.24) is 0 Å². The molecule has 2 rings (SSSR count). The van der Waals surface area contributed by atoms with Gasteiger partial charge in [0, 0.05) is 6.42 Å². The average Bonchev–Trinajstić information content (AvgIpc) is 2.48. The van der Waals surface area contributed by atoms with E-state index in [0.717, 1.165) is 12.0 Å². The molecule has 0 saturated heterocycles. The van der Waals surface area contributed by atoms with E-state index in [2.05, 4.69) is 19.1 Å². The van der Waals surface area contributed by atoms with Crippen molar-refractivity contribution >= 4 is 6.08 Å². The summed E-state index contributed by atoms with van der Waals surface area (Å²) in [7, 11) is 0. The first-order valence-corrected chi connectivity index (χ1v) is 7.41. The zero-order valence-electron chi connectivity index (χ0n) is 11.8. The van der Waals surface area contributed by atoms with Crippen LogP contribution in [0.25, 0.3) is 6.08 Å². The highest BCUT2D eigenvalue weighted by molar-refractivity contribution is 5.47. The van der Waals surface area contributed by atoms with Crippen LogP contribution in [0.15, 0.2) is 36.6 Å². The second-order valence-corrected chi connectivity index (χ2v) is 5.08. The van der Waals surface area contributed by atoms with E-state index in [4.69, 9.17) is 9.47 Å². The molecule has 1 aliphatic rings. The van der Waals surface area contributed by atoms with Crippen LogP contribution in [0.3, 0.4) is 0 Å². The van der Waals surface area contributed by atoms with Gasteiger partial charge in [-0.15, -0.1) is 0 Å². The van der Waals surface area contributed by atoms with Crippen molar-refractivity contribution in [1.29, 1.82) is 0 Å². The fourth-order valence-electron chi connectivity index (χ4n) is 2.41. The molecule has 0 heterocycles. The molecular formula is C17H24O2. The van der Waals surface area contributed by atoms with Gasteiger partial charge in [0.25, 0.3) is 0 Å². The summed E-state index contributed by atoms with van der Waals surface area (Å²) in [5, 5.41) is 0. The van der Waals surface area contributed by atoms with Gasteiger partial charge in [0.15, 0.2) is 6.29 Å². The maximum Gasteiger partial charge on any atom is 0.198 e. The van der Waals surface area contributed by atoms with E-state index in [0.29, 0.717) is 6.10 Å². The third kappa shape index (κ3) is 5.07. The molecule has 1 atom stereocenters. The summed E-state index contributed by atoms with van der Waals surface area (Å²) < 4.78 is 11.7. The van der Waals surface area contributed by atoms with Gasteiger partial charge in [0.2, 0.25) is 0 Å². The van der Waals surface area contributed by atoms with Crippen LogP contribution < -0.4 is 0 Å². The lowest BCUT2D eigenvalue weighted by Gasteiger charge is -2.26. The zero-order valence-corrected chi connectivity index (χ0v) is 11.8. The van der Waals surface area contributed by atoms with Crippen molar-refractivity contribution in [2.45, 2.75) is 57.8 Å². The predicted molar refractivity (Wildman–Crippen MR) is 78.6 cm³/mol. The summed E-state index contributed by atoms with van der Waals surface area (Å²) in [6.07, 6.45) is 11.2. The molecule has 1 unspecified atom stereocenters. The van der Waals surface area contributed by atoms with Gasteiger partial charge in [-0.1, -0.05) is 56.5 Å². The molecule has 0 aromatic heterocycles. The lowest BCUT2D eigenvalue weighted by Crippen LogP contribution is -2.24. The number of rotatable bonds is 6. The van der Waals surface area contributed by atoms with Crippen molar-refractivity contribution in [2.75, 3.05) is 0 Å². The van der Waals surface area contributed by atoms with Crippen LogP contribution in [-0.2, 0) is 9.47 Å². The fraction of sp³-hybridized carbons (Fsp3) is 0.529. The number of ether oxygens (including phenoxy) is 2. The van der Waals surface area contributed by atoms with E-state index < -0.39 is 0 Å². The fourth-order valence-corrected chi connectivity index (χ4v) is 2.41. The third-order valence-electron chi connectivity index (χ3n) is 3.52. The summed E-state index contributed by atoms with van der Waals surface area (Å²) in [5.41, 5.74) is 1.15.